The quantitative estimate of drug-likeness (QED) is 0.601. The molecule has 148 valence electrons. The zero-order valence-electron chi connectivity index (χ0n) is 16.0. The molecule has 0 spiro atoms. The fraction of sp³-hybridized carbons (Fsp3) is 0.650. The Kier molecular flexibility index (Phi) is 11.1. The summed E-state index contributed by atoms with van der Waals surface area (Å²) in [5.74, 6) is 0.774. The van der Waals surface area contributed by atoms with Crippen LogP contribution in [0.25, 0.3) is 0 Å². The predicted molar refractivity (Wildman–Crippen MR) is 109 cm³/mol. The van der Waals surface area contributed by atoms with Gasteiger partial charge in [0.15, 0.2) is 0 Å². The molecule has 1 aliphatic rings. The van der Waals surface area contributed by atoms with Gasteiger partial charge >= 0.3 is 6.09 Å². The molecule has 0 atom stereocenters. The standard InChI is InChI=1S/C20H32N2O3.ClH/c1-3-5-12-22-13-10-18(11-14-22)25-20(23)21-17-8-7-9-19(16-17)24-15-6-4-2;/h7-9,16,18H,3-6,10-15H2,1-2H3,(H,21,23);1H. The first-order valence-corrected chi connectivity index (χ1v) is 9.64. The summed E-state index contributed by atoms with van der Waals surface area (Å²) in [4.78, 5) is 14.6. The van der Waals surface area contributed by atoms with E-state index in [-0.39, 0.29) is 24.6 Å². The zero-order chi connectivity index (χ0) is 17.9. The molecular formula is C20H33ClN2O3. The topological polar surface area (TPSA) is 50.8 Å². The molecule has 5 nitrogen and oxygen atoms in total. The molecule has 1 aromatic carbocycles. The lowest BCUT2D eigenvalue weighted by molar-refractivity contribution is 0.0586. The second kappa shape index (κ2) is 12.8. The van der Waals surface area contributed by atoms with Crippen molar-refractivity contribution in [3.8, 4) is 5.75 Å². The van der Waals surface area contributed by atoms with E-state index >= 15 is 0 Å². The highest BCUT2D eigenvalue weighted by Gasteiger charge is 2.21. The normalized spacial score (nSPS) is 15.2. The van der Waals surface area contributed by atoms with E-state index in [1.165, 1.54) is 12.8 Å². The molecule has 26 heavy (non-hydrogen) atoms. The molecule has 1 fully saturated rings. The molecule has 1 heterocycles. The summed E-state index contributed by atoms with van der Waals surface area (Å²) in [6, 6.07) is 7.47. The number of halogens is 1. The number of hydrogen-bond acceptors (Lipinski definition) is 4. The second-order valence-electron chi connectivity index (χ2n) is 6.65. The van der Waals surface area contributed by atoms with Crippen LogP contribution in [0.2, 0.25) is 0 Å². The van der Waals surface area contributed by atoms with Gasteiger partial charge in [-0.25, -0.2) is 4.79 Å². The van der Waals surface area contributed by atoms with Crippen LogP contribution in [-0.4, -0.2) is 43.3 Å². The summed E-state index contributed by atoms with van der Waals surface area (Å²) in [6.45, 7) is 8.22. The molecule has 0 aromatic heterocycles. The fourth-order valence-corrected chi connectivity index (χ4v) is 2.93. The number of benzene rings is 1. The van der Waals surface area contributed by atoms with Crippen molar-refractivity contribution in [1.29, 1.82) is 0 Å². The summed E-state index contributed by atoms with van der Waals surface area (Å²) >= 11 is 0. The zero-order valence-corrected chi connectivity index (χ0v) is 16.9. The monoisotopic (exact) mass is 384 g/mol. The van der Waals surface area contributed by atoms with Crippen LogP contribution in [0.5, 0.6) is 5.75 Å². The molecule has 6 heteroatoms. The molecular weight excluding hydrogens is 352 g/mol. The number of carbonyl (C=O) groups excluding carboxylic acids is 1. The third kappa shape index (κ3) is 8.28. The molecule has 1 saturated heterocycles. The number of anilines is 1. The number of hydrogen-bond donors (Lipinski definition) is 1. The largest absolute Gasteiger partial charge is 0.494 e. The summed E-state index contributed by atoms with van der Waals surface area (Å²) in [5.41, 5.74) is 0.708. The van der Waals surface area contributed by atoms with Crippen molar-refractivity contribution < 1.29 is 14.3 Å². The molecule has 1 aromatic rings. The first-order valence-electron chi connectivity index (χ1n) is 9.64. The maximum atomic E-state index is 12.1. The molecule has 0 aliphatic carbocycles. The van der Waals surface area contributed by atoms with Gasteiger partial charge in [-0.3, -0.25) is 5.32 Å². The van der Waals surface area contributed by atoms with E-state index in [2.05, 4.69) is 24.1 Å². The number of unbranched alkanes of at least 4 members (excludes halogenated alkanes) is 2. The number of ether oxygens (including phenoxy) is 2. The molecule has 1 N–H and O–H groups in total. The Morgan fingerprint density at radius 3 is 2.62 bits per heavy atom. The second-order valence-corrected chi connectivity index (χ2v) is 6.65. The number of carbonyl (C=O) groups is 1. The molecule has 0 bridgehead atoms. The van der Waals surface area contributed by atoms with E-state index in [4.69, 9.17) is 9.47 Å². The van der Waals surface area contributed by atoms with Crippen LogP contribution in [0.1, 0.15) is 52.4 Å². The molecule has 1 aliphatic heterocycles. The van der Waals surface area contributed by atoms with Crippen molar-refractivity contribution in [2.24, 2.45) is 0 Å². The highest BCUT2D eigenvalue weighted by molar-refractivity contribution is 5.85. The third-order valence-electron chi connectivity index (χ3n) is 4.48. The Hall–Kier alpha value is -1.46. The Morgan fingerprint density at radius 1 is 1.19 bits per heavy atom. The summed E-state index contributed by atoms with van der Waals surface area (Å²) in [6.07, 6.45) is 6.05. The lowest BCUT2D eigenvalue weighted by Gasteiger charge is -2.31. The molecule has 1 amide bonds. The highest BCUT2D eigenvalue weighted by Crippen LogP contribution is 2.19. The van der Waals surface area contributed by atoms with Crippen LogP contribution >= 0.6 is 12.4 Å². The van der Waals surface area contributed by atoms with Crippen molar-refractivity contribution in [2.75, 3.05) is 31.6 Å². The van der Waals surface area contributed by atoms with Crippen LogP contribution in [0, 0.1) is 0 Å². The van der Waals surface area contributed by atoms with Gasteiger partial charge in [-0.1, -0.05) is 32.8 Å². The Bertz CT molecular complexity index is 520. The summed E-state index contributed by atoms with van der Waals surface area (Å²) < 4.78 is 11.2. The van der Waals surface area contributed by atoms with Crippen molar-refractivity contribution in [2.45, 2.75) is 58.5 Å². The molecule has 0 saturated carbocycles. The van der Waals surface area contributed by atoms with Crippen LogP contribution in [-0.2, 0) is 4.74 Å². The van der Waals surface area contributed by atoms with Gasteiger partial charge in [-0.15, -0.1) is 12.4 Å². The lowest BCUT2D eigenvalue weighted by atomic mass is 10.1. The van der Waals surface area contributed by atoms with Crippen molar-refractivity contribution >= 4 is 24.2 Å². The minimum Gasteiger partial charge on any atom is -0.494 e. The first-order chi connectivity index (χ1) is 12.2. The van der Waals surface area contributed by atoms with Gasteiger partial charge in [-0.2, -0.15) is 0 Å². The maximum Gasteiger partial charge on any atom is 0.411 e. The van der Waals surface area contributed by atoms with Crippen LogP contribution in [0.3, 0.4) is 0 Å². The van der Waals surface area contributed by atoms with Gasteiger partial charge in [0.05, 0.1) is 6.61 Å². The van der Waals surface area contributed by atoms with Crippen LogP contribution in [0.15, 0.2) is 24.3 Å². The third-order valence-corrected chi connectivity index (χ3v) is 4.48. The Balaban J connectivity index is 0.00000338. The minimum atomic E-state index is -0.377. The number of likely N-dealkylation sites (tertiary alicyclic amines) is 1. The SMILES string of the molecule is CCCCOc1cccc(NC(=O)OC2CCN(CCCC)CC2)c1.Cl. The fourth-order valence-electron chi connectivity index (χ4n) is 2.93. The maximum absolute atomic E-state index is 12.1. The molecule has 0 unspecified atom stereocenters. The van der Waals surface area contributed by atoms with E-state index < -0.39 is 0 Å². The molecule has 2 rings (SSSR count). The van der Waals surface area contributed by atoms with Gasteiger partial charge in [0.2, 0.25) is 0 Å². The van der Waals surface area contributed by atoms with E-state index in [0.29, 0.717) is 12.3 Å². The minimum absolute atomic E-state index is 0. The van der Waals surface area contributed by atoms with Crippen molar-refractivity contribution in [1.82, 2.24) is 4.90 Å². The highest BCUT2D eigenvalue weighted by atomic mass is 35.5. The van der Waals surface area contributed by atoms with Crippen molar-refractivity contribution in [3.63, 3.8) is 0 Å². The number of nitrogens with one attached hydrogen (secondary N) is 1. The number of rotatable bonds is 9. The Morgan fingerprint density at radius 2 is 1.92 bits per heavy atom. The summed E-state index contributed by atoms with van der Waals surface area (Å²) in [7, 11) is 0. The van der Waals surface area contributed by atoms with E-state index in [9.17, 15) is 4.79 Å². The number of nitrogens with zero attached hydrogens (tertiary/aromatic N) is 1. The Labute approximate surface area is 163 Å². The van der Waals surface area contributed by atoms with Crippen molar-refractivity contribution in [3.05, 3.63) is 24.3 Å². The summed E-state index contributed by atoms with van der Waals surface area (Å²) in [5, 5.41) is 2.81. The average Bonchev–Trinajstić information content (AvgIpc) is 2.62. The predicted octanol–water partition coefficient (Wildman–Crippen LogP) is 5.10. The first kappa shape index (κ1) is 22.6. The smallest absolute Gasteiger partial charge is 0.411 e. The van der Waals surface area contributed by atoms with Gasteiger partial charge in [0.25, 0.3) is 0 Å². The van der Waals surface area contributed by atoms with E-state index in [1.54, 1.807) is 0 Å². The van der Waals surface area contributed by atoms with Crippen LogP contribution < -0.4 is 10.1 Å². The van der Waals surface area contributed by atoms with Gasteiger partial charge in [-0.05, 0) is 44.4 Å². The molecule has 0 radical (unpaired) electrons. The number of piperidine rings is 1. The average molecular weight is 385 g/mol. The van der Waals surface area contributed by atoms with Gasteiger partial charge < -0.3 is 14.4 Å². The van der Waals surface area contributed by atoms with Crippen LogP contribution in [0.4, 0.5) is 10.5 Å². The van der Waals surface area contributed by atoms with Gasteiger partial charge in [0.1, 0.15) is 11.9 Å². The van der Waals surface area contributed by atoms with E-state index in [1.807, 2.05) is 24.3 Å². The number of amides is 1. The lowest BCUT2D eigenvalue weighted by Crippen LogP contribution is -2.38. The van der Waals surface area contributed by atoms with Gasteiger partial charge in [0, 0.05) is 24.8 Å². The van der Waals surface area contributed by atoms with E-state index in [0.717, 1.165) is 51.1 Å².